The largest absolute Gasteiger partial charge is 0.491 e. The standard InChI is InChI=1S/C59H73N7O12S2/c1-37(65(8)57(70)71)54(67)64-53(58(2,3)4)56(69)66-35-40-30-42(18-16-39(40)31-49(66)55(68)63-45-15-11-13-38-12-9-10-14-43(38)45)77-28-26-75-24-22-74-23-25-76-27-29-78-50-34-47-44(33-52(50)80(72,73)59(5,6)7)46(20-21-60-47)62-41-17-19-51-48(32-41)61-36-79-51/h9-10,12,14,16-21,30,32-34,36-37,45,49,53H,11,13,15,22-29,31,35H2,1-8H3,(H,60,62)(H,63,68)(H,64,67)(H,70,71)/t37?,45-,49?,53?/m1/s1. The second-order valence-electron chi connectivity index (χ2n) is 22.1. The van der Waals surface area contributed by atoms with Gasteiger partial charge in [-0.2, -0.15) is 0 Å². The van der Waals surface area contributed by atoms with Crippen LogP contribution >= 0.6 is 11.3 Å². The van der Waals surface area contributed by atoms with Gasteiger partial charge in [0, 0.05) is 49.0 Å². The fourth-order valence-electron chi connectivity index (χ4n) is 9.68. The number of sulfone groups is 1. The number of rotatable bonds is 23. The molecule has 6 aromatic rings. The highest BCUT2D eigenvalue weighted by Gasteiger charge is 2.43. The molecule has 4 amide bonds. The number of carboxylic acid groups (broad SMARTS) is 1. The molecule has 21 heteroatoms. The van der Waals surface area contributed by atoms with Crippen molar-refractivity contribution in [1.29, 1.82) is 0 Å². The molecule has 0 fully saturated rings. The zero-order chi connectivity index (χ0) is 57.4. The molecule has 4 aromatic carbocycles. The molecule has 3 heterocycles. The van der Waals surface area contributed by atoms with Crippen LogP contribution < -0.4 is 25.4 Å². The minimum Gasteiger partial charge on any atom is -0.491 e. The van der Waals surface area contributed by atoms with Crippen LogP contribution in [0.25, 0.3) is 21.1 Å². The van der Waals surface area contributed by atoms with Gasteiger partial charge in [0.05, 0.1) is 71.7 Å². The average molecular weight is 1140 g/mol. The SMILES string of the molecule is CC(C(=O)NC(C(=O)N1Cc2cc(OCCOCCOCCOCCOc3cc4nccc(Nc5ccc6scnc6c5)c4cc3S(=O)(=O)C(C)(C)C)ccc2CC1C(=O)N[C@@H]1CCCc2ccccc21)C(C)(C)C)N(C)C(=O)O. The first kappa shape index (κ1) is 59.2. The number of aryl methyl sites for hydroxylation is 1. The van der Waals surface area contributed by atoms with Crippen molar-refractivity contribution in [3.05, 3.63) is 113 Å². The number of thiazole rings is 1. The second kappa shape index (κ2) is 25.7. The number of hydrogen-bond acceptors (Lipinski definition) is 15. The van der Waals surface area contributed by atoms with Crippen LogP contribution in [0.3, 0.4) is 0 Å². The predicted octanol–water partition coefficient (Wildman–Crippen LogP) is 8.64. The Morgan fingerprint density at radius 3 is 2.21 bits per heavy atom. The van der Waals surface area contributed by atoms with E-state index >= 15 is 0 Å². The van der Waals surface area contributed by atoms with E-state index in [4.69, 9.17) is 23.7 Å². The highest BCUT2D eigenvalue weighted by molar-refractivity contribution is 7.92. The highest BCUT2D eigenvalue weighted by atomic mass is 32.2. The molecule has 2 aliphatic rings. The molecule has 1 aliphatic carbocycles. The molecule has 2 aromatic heterocycles. The molecule has 4 N–H and O–H groups in total. The van der Waals surface area contributed by atoms with Crippen LogP contribution in [-0.2, 0) is 57.8 Å². The van der Waals surface area contributed by atoms with Crippen LogP contribution in [0.2, 0.25) is 0 Å². The van der Waals surface area contributed by atoms with Crippen molar-refractivity contribution >= 4 is 77.5 Å². The summed E-state index contributed by atoms with van der Waals surface area (Å²) in [6.07, 6.45) is 3.21. The lowest BCUT2D eigenvalue weighted by Gasteiger charge is -2.42. The lowest BCUT2D eigenvalue weighted by molar-refractivity contribution is -0.147. The summed E-state index contributed by atoms with van der Waals surface area (Å²) in [5.41, 5.74) is 7.84. The molecule has 0 spiro atoms. The average Bonchev–Trinajstić information content (AvgIpc) is 3.97. The van der Waals surface area contributed by atoms with Crippen molar-refractivity contribution in [2.24, 2.45) is 5.41 Å². The van der Waals surface area contributed by atoms with Gasteiger partial charge in [0.1, 0.15) is 47.7 Å². The zero-order valence-electron chi connectivity index (χ0n) is 46.7. The molecule has 80 heavy (non-hydrogen) atoms. The van der Waals surface area contributed by atoms with Crippen molar-refractivity contribution in [3.8, 4) is 11.5 Å². The van der Waals surface area contributed by atoms with E-state index < -0.39 is 56.0 Å². The molecule has 0 saturated carbocycles. The summed E-state index contributed by atoms with van der Waals surface area (Å²) in [6, 6.07) is 21.4. The first-order valence-electron chi connectivity index (χ1n) is 26.9. The van der Waals surface area contributed by atoms with E-state index in [1.807, 2.05) is 75.4 Å². The molecule has 8 rings (SSSR count). The van der Waals surface area contributed by atoms with Crippen LogP contribution in [0.15, 0.2) is 95.5 Å². The third-order valence-electron chi connectivity index (χ3n) is 14.5. The van der Waals surface area contributed by atoms with Crippen molar-refractivity contribution in [1.82, 2.24) is 30.4 Å². The van der Waals surface area contributed by atoms with Gasteiger partial charge in [-0.3, -0.25) is 24.3 Å². The Kier molecular flexibility index (Phi) is 19.0. The summed E-state index contributed by atoms with van der Waals surface area (Å²) in [4.78, 5) is 65.8. The molecular formula is C59H73N7O12S2. The third kappa shape index (κ3) is 14.2. The number of pyridine rings is 1. The Bertz CT molecular complexity index is 3300. The van der Waals surface area contributed by atoms with Crippen molar-refractivity contribution in [2.75, 3.05) is 65.2 Å². The summed E-state index contributed by atoms with van der Waals surface area (Å²) in [6.45, 7) is 13.9. The lowest BCUT2D eigenvalue weighted by Crippen LogP contribution is -2.62. The summed E-state index contributed by atoms with van der Waals surface area (Å²) in [5.74, 6) is -0.642. The van der Waals surface area contributed by atoms with Crippen LogP contribution in [0, 0.1) is 5.41 Å². The minimum atomic E-state index is -3.84. The maximum absolute atomic E-state index is 14.8. The smallest absolute Gasteiger partial charge is 0.407 e. The van der Waals surface area contributed by atoms with Crippen LogP contribution in [0.1, 0.15) is 89.6 Å². The highest BCUT2D eigenvalue weighted by Crippen LogP contribution is 2.39. The lowest BCUT2D eigenvalue weighted by atomic mass is 9.83. The summed E-state index contributed by atoms with van der Waals surface area (Å²) in [5, 5.41) is 19.7. The Labute approximate surface area is 471 Å². The number of likely N-dealkylation sites (N-methyl/N-ethyl adjacent to an activating group) is 1. The van der Waals surface area contributed by atoms with Gasteiger partial charge in [-0.1, -0.05) is 51.1 Å². The number of nitrogens with one attached hydrogen (secondary N) is 3. The number of nitrogens with zero attached hydrogens (tertiary/aromatic N) is 4. The molecule has 4 atom stereocenters. The van der Waals surface area contributed by atoms with Crippen LogP contribution in [-0.4, -0.2) is 140 Å². The monoisotopic (exact) mass is 1140 g/mol. The van der Waals surface area contributed by atoms with E-state index in [-0.39, 0.29) is 68.6 Å². The third-order valence-corrected chi connectivity index (χ3v) is 17.8. The Morgan fingerprint density at radius 2 is 1.51 bits per heavy atom. The number of carbonyl (C=O) groups excluding carboxylic acids is 3. The van der Waals surface area contributed by atoms with Gasteiger partial charge in [0.25, 0.3) is 0 Å². The van der Waals surface area contributed by atoms with Gasteiger partial charge in [-0.05, 0) is 117 Å². The number of amides is 4. The molecular weight excluding hydrogens is 1060 g/mol. The van der Waals surface area contributed by atoms with Gasteiger partial charge < -0.3 is 49.6 Å². The van der Waals surface area contributed by atoms with Gasteiger partial charge in [0.15, 0.2) is 9.84 Å². The Morgan fingerprint density at radius 1 is 0.812 bits per heavy atom. The molecule has 0 radical (unpaired) electrons. The fraction of sp³-hybridized carbons (Fsp3) is 0.458. The second-order valence-corrected chi connectivity index (χ2v) is 25.7. The van der Waals surface area contributed by atoms with E-state index in [1.165, 1.54) is 24.4 Å². The number of hydrogen-bond donors (Lipinski definition) is 4. The molecule has 428 valence electrons. The number of ether oxygens (including phenoxy) is 5. The fourth-order valence-corrected chi connectivity index (χ4v) is 11.7. The molecule has 19 nitrogen and oxygen atoms in total. The quantitative estimate of drug-likeness (QED) is 0.0439. The molecule has 3 unspecified atom stereocenters. The number of anilines is 2. The minimum absolute atomic E-state index is 0.0634. The summed E-state index contributed by atoms with van der Waals surface area (Å²) < 4.78 is 57.2. The van der Waals surface area contributed by atoms with Gasteiger partial charge >= 0.3 is 6.09 Å². The Balaban J connectivity index is 0.806. The zero-order valence-corrected chi connectivity index (χ0v) is 48.3. The molecule has 0 saturated heterocycles. The first-order chi connectivity index (χ1) is 38.1. The van der Waals surface area contributed by atoms with Crippen molar-refractivity contribution in [3.63, 3.8) is 0 Å². The number of carbonyl (C=O) groups is 4. The molecule has 1 aliphatic heterocycles. The molecule has 0 bridgehead atoms. The van der Waals surface area contributed by atoms with E-state index in [0.29, 0.717) is 42.2 Å². The topological polar surface area (TPSA) is 237 Å². The Hall–Kier alpha value is -6.91. The number of fused-ring (bicyclic) bond motifs is 4. The van der Waals surface area contributed by atoms with E-state index in [9.17, 15) is 32.7 Å². The normalized spacial score (nSPS) is 16.3. The van der Waals surface area contributed by atoms with Crippen LogP contribution in [0.5, 0.6) is 11.5 Å². The van der Waals surface area contributed by atoms with Crippen molar-refractivity contribution in [2.45, 2.75) is 115 Å². The predicted molar refractivity (Wildman–Crippen MR) is 306 cm³/mol. The van der Waals surface area contributed by atoms with Gasteiger partial charge in [-0.15, -0.1) is 11.3 Å². The number of aromatic nitrogens is 2. The maximum Gasteiger partial charge on any atom is 0.407 e. The van der Waals surface area contributed by atoms with E-state index in [0.717, 1.165) is 56.8 Å². The summed E-state index contributed by atoms with van der Waals surface area (Å²) in [7, 11) is -2.55. The van der Waals surface area contributed by atoms with E-state index in [1.54, 1.807) is 62.0 Å². The van der Waals surface area contributed by atoms with Crippen LogP contribution in [0.4, 0.5) is 16.2 Å². The van der Waals surface area contributed by atoms with E-state index in [2.05, 4.69) is 32.0 Å². The number of benzene rings is 4. The van der Waals surface area contributed by atoms with Gasteiger partial charge in [0.2, 0.25) is 17.7 Å². The van der Waals surface area contributed by atoms with Gasteiger partial charge in [-0.25, -0.2) is 18.2 Å². The summed E-state index contributed by atoms with van der Waals surface area (Å²) >= 11 is 1.56. The maximum atomic E-state index is 14.8. The van der Waals surface area contributed by atoms with Crippen molar-refractivity contribution < 1.29 is 56.4 Å². The first-order valence-corrected chi connectivity index (χ1v) is 29.3.